The molecule has 0 aromatic carbocycles. The van der Waals surface area contributed by atoms with Gasteiger partial charge in [0.05, 0.1) is 5.03 Å². The van der Waals surface area contributed by atoms with Crippen molar-refractivity contribution < 1.29 is 4.52 Å². The van der Waals surface area contributed by atoms with Crippen molar-refractivity contribution >= 4 is 11.8 Å². The minimum atomic E-state index is 1.09. The SMILES string of the molecule is CCSc1ccccn1.c1ncon1. The lowest BCUT2D eigenvalue weighted by Crippen LogP contribution is -1.75. The molecule has 0 spiro atoms. The highest BCUT2D eigenvalue weighted by atomic mass is 32.2. The van der Waals surface area contributed by atoms with Gasteiger partial charge in [-0.1, -0.05) is 18.1 Å². The molecular weight excluding hydrogens is 198 g/mol. The standard InChI is InChI=1S/C7H9NS.C2H2N2O/c1-2-9-7-5-3-4-6-8-7;1-3-2-5-4-1/h3-6H,2H2,1H3;1-2H. The largest absolute Gasteiger partial charge is 0.343 e. The second-order valence-electron chi connectivity index (χ2n) is 2.18. The second kappa shape index (κ2) is 7.08. The van der Waals surface area contributed by atoms with E-state index in [0.29, 0.717) is 0 Å². The lowest BCUT2D eigenvalue weighted by Gasteiger charge is -1.92. The first-order chi connectivity index (χ1) is 6.93. The average molecular weight is 209 g/mol. The molecule has 0 radical (unpaired) electrons. The van der Waals surface area contributed by atoms with E-state index in [1.165, 1.54) is 12.7 Å². The summed E-state index contributed by atoms with van der Waals surface area (Å²) in [6.07, 6.45) is 4.41. The fraction of sp³-hybridized carbons (Fsp3) is 0.222. The molecule has 74 valence electrons. The Morgan fingerprint density at radius 1 is 1.43 bits per heavy atom. The van der Waals surface area contributed by atoms with Gasteiger partial charge in [0.2, 0.25) is 6.39 Å². The summed E-state index contributed by atoms with van der Waals surface area (Å²) in [6, 6.07) is 5.96. The summed E-state index contributed by atoms with van der Waals surface area (Å²) in [4.78, 5) is 7.58. The molecule has 0 amide bonds. The van der Waals surface area contributed by atoms with Crippen LogP contribution < -0.4 is 0 Å². The first kappa shape index (κ1) is 10.7. The summed E-state index contributed by atoms with van der Waals surface area (Å²) in [5.74, 6) is 1.09. The Morgan fingerprint density at radius 3 is 2.79 bits per heavy atom. The van der Waals surface area contributed by atoms with Gasteiger partial charge in [0.25, 0.3) is 0 Å². The maximum absolute atomic E-state index is 4.22. The van der Waals surface area contributed by atoms with Gasteiger partial charge in [-0.25, -0.2) is 9.97 Å². The molecule has 0 saturated heterocycles. The smallest absolute Gasteiger partial charge is 0.213 e. The summed E-state index contributed by atoms with van der Waals surface area (Å²) >= 11 is 1.76. The van der Waals surface area contributed by atoms with E-state index in [1.807, 2.05) is 24.4 Å². The molecule has 0 aliphatic heterocycles. The molecule has 0 aliphatic carbocycles. The van der Waals surface area contributed by atoms with Gasteiger partial charge in [0, 0.05) is 6.20 Å². The predicted octanol–water partition coefficient (Wildman–Crippen LogP) is 2.26. The molecule has 14 heavy (non-hydrogen) atoms. The highest BCUT2D eigenvalue weighted by Gasteiger charge is 1.86. The van der Waals surface area contributed by atoms with Crippen LogP contribution in [0.3, 0.4) is 0 Å². The van der Waals surface area contributed by atoms with Crippen LogP contribution in [0.15, 0.2) is 46.7 Å². The molecule has 0 atom stereocenters. The number of hydrogen-bond donors (Lipinski definition) is 0. The summed E-state index contributed by atoms with van der Waals surface area (Å²) < 4.78 is 4.22. The van der Waals surface area contributed by atoms with Gasteiger partial charge in [-0.2, -0.15) is 0 Å². The van der Waals surface area contributed by atoms with E-state index in [4.69, 9.17) is 0 Å². The fourth-order valence-electron chi connectivity index (χ4n) is 0.716. The van der Waals surface area contributed by atoms with Gasteiger partial charge in [-0.05, 0) is 17.9 Å². The highest BCUT2D eigenvalue weighted by molar-refractivity contribution is 7.99. The van der Waals surface area contributed by atoms with Gasteiger partial charge in [0.15, 0.2) is 6.33 Å². The number of hydrogen-bond acceptors (Lipinski definition) is 5. The molecule has 0 bridgehead atoms. The zero-order valence-corrected chi connectivity index (χ0v) is 8.65. The highest BCUT2D eigenvalue weighted by Crippen LogP contribution is 2.11. The third kappa shape index (κ3) is 4.61. The normalized spacial score (nSPS) is 8.93. The van der Waals surface area contributed by atoms with Gasteiger partial charge in [-0.3, -0.25) is 0 Å². The van der Waals surface area contributed by atoms with Crippen LogP contribution in [0.25, 0.3) is 0 Å². The molecule has 0 fully saturated rings. The molecule has 2 aromatic heterocycles. The van der Waals surface area contributed by atoms with Gasteiger partial charge in [0.1, 0.15) is 0 Å². The number of thioether (sulfide) groups is 1. The van der Waals surface area contributed by atoms with Crippen LogP contribution >= 0.6 is 11.8 Å². The quantitative estimate of drug-likeness (QED) is 0.710. The summed E-state index contributed by atoms with van der Waals surface area (Å²) in [7, 11) is 0. The third-order valence-corrected chi connectivity index (χ3v) is 2.04. The Bertz CT molecular complexity index is 295. The Morgan fingerprint density at radius 2 is 2.36 bits per heavy atom. The maximum atomic E-state index is 4.22. The molecule has 2 rings (SSSR count). The molecule has 2 heterocycles. The summed E-state index contributed by atoms with van der Waals surface area (Å²) in [5, 5.41) is 4.35. The van der Waals surface area contributed by atoms with Crippen LogP contribution in [-0.4, -0.2) is 20.9 Å². The van der Waals surface area contributed by atoms with Crippen LogP contribution in [-0.2, 0) is 0 Å². The molecule has 2 aromatic rings. The molecule has 0 N–H and O–H groups in total. The van der Waals surface area contributed by atoms with Crippen molar-refractivity contribution in [3.8, 4) is 0 Å². The number of rotatable bonds is 2. The van der Waals surface area contributed by atoms with Crippen LogP contribution in [0.2, 0.25) is 0 Å². The van der Waals surface area contributed by atoms with Crippen molar-refractivity contribution in [3.63, 3.8) is 0 Å². The minimum Gasteiger partial charge on any atom is -0.343 e. The zero-order valence-electron chi connectivity index (χ0n) is 7.83. The first-order valence-corrected chi connectivity index (χ1v) is 5.15. The van der Waals surface area contributed by atoms with Gasteiger partial charge in [-0.15, -0.1) is 11.8 Å². The monoisotopic (exact) mass is 209 g/mol. The van der Waals surface area contributed by atoms with Crippen molar-refractivity contribution in [3.05, 3.63) is 37.1 Å². The van der Waals surface area contributed by atoms with Crippen LogP contribution in [0.1, 0.15) is 6.92 Å². The molecular formula is C9H11N3OS. The minimum absolute atomic E-state index is 1.09. The van der Waals surface area contributed by atoms with E-state index in [0.717, 1.165) is 10.8 Å². The van der Waals surface area contributed by atoms with Crippen molar-refractivity contribution in [2.24, 2.45) is 0 Å². The second-order valence-corrected chi connectivity index (χ2v) is 3.47. The Balaban J connectivity index is 0.000000165. The number of aromatic nitrogens is 3. The predicted molar refractivity (Wildman–Crippen MR) is 54.9 cm³/mol. The van der Waals surface area contributed by atoms with Crippen LogP contribution in [0.5, 0.6) is 0 Å². The van der Waals surface area contributed by atoms with Crippen molar-refractivity contribution in [2.75, 3.05) is 5.75 Å². The third-order valence-electron chi connectivity index (χ3n) is 1.21. The molecule has 0 aliphatic rings. The lowest BCUT2D eigenvalue weighted by atomic mass is 10.5. The summed E-state index contributed by atoms with van der Waals surface area (Å²) in [5.41, 5.74) is 0. The van der Waals surface area contributed by atoms with Crippen molar-refractivity contribution in [1.82, 2.24) is 15.1 Å². The van der Waals surface area contributed by atoms with Crippen LogP contribution in [0.4, 0.5) is 0 Å². The molecule has 5 heteroatoms. The topological polar surface area (TPSA) is 51.8 Å². The van der Waals surface area contributed by atoms with Crippen LogP contribution in [0, 0.1) is 0 Å². The number of pyridine rings is 1. The van der Waals surface area contributed by atoms with Gasteiger partial charge >= 0.3 is 0 Å². The van der Waals surface area contributed by atoms with E-state index in [2.05, 4.69) is 26.6 Å². The summed E-state index contributed by atoms with van der Waals surface area (Å²) in [6.45, 7) is 2.12. The first-order valence-electron chi connectivity index (χ1n) is 4.16. The number of nitrogens with zero attached hydrogens (tertiary/aromatic N) is 3. The zero-order chi connectivity index (χ0) is 10.1. The van der Waals surface area contributed by atoms with Crippen molar-refractivity contribution in [2.45, 2.75) is 11.9 Å². The van der Waals surface area contributed by atoms with E-state index in [-0.39, 0.29) is 0 Å². The van der Waals surface area contributed by atoms with Crippen molar-refractivity contribution in [1.29, 1.82) is 0 Å². The lowest BCUT2D eigenvalue weighted by molar-refractivity contribution is 0.416. The van der Waals surface area contributed by atoms with E-state index in [9.17, 15) is 0 Å². The fourth-order valence-corrected chi connectivity index (χ4v) is 1.32. The maximum Gasteiger partial charge on any atom is 0.213 e. The Kier molecular flexibility index (Phi) is 5.42. The van der Waals surface area contributed by atoms with E-state index < -0.39 is 0 Å². The molecule has 0 saturated carbocycles. The van der Waals surface area contributed by atoms with Gasteiger partial charge < -0.3 is 4.52 Å². The van der Waals surface area contributed by atoms with E-state index in [1.54, 1.807) is 11.8 Å². The van der Waals surface area contributed by atoms with E-state index >= 15 is 0 Å². The molecule has 0 unspecified atom stereocenters. The Hall–Kier alpha value is -1.36. The molecule has 4 nitrogen and oxygen atoms in total. The Labute approximate surface area is 86.8 Å². The average Bonchev–Trinajstić information content (AvgIpc) is 2.78.